The highest BCUT2D eigenvalue weighted by atomic mass is 16.6. The van der Waals surface area contributed by atoms with E-state index in [1.54, 1.807) is 4.90 Å². The zero-order valence-electron chi connectivity index (χ0n) is 18.4. The minimum atomic E-state index is -0.497. The van der Waals surface area contributed by atoms with Gasteiger partial charge in [-0.3, -0.25) is 15.0 Å². The van der Waals surface area contributed by atoms with Crippen molar-refractivity contribution < 1.29 is 14.5 Å². The Bertz CT molecular complexity index is 1060. The van der Waals surface area contributed by atoms with Crippen LogP contribution in [0.25, 0.3) is 0 Å². The highest BCUT2D eigenvalue weighted by Gasteiger charge is 2.28. The molecule has 170 valence electrons. The molecule has 0 radical (unpaired) electrons. The lowest BCUT2D eigenvalue weighted by atomic mass is 9.96. The number of methoxy groups -OCH3 is 1. The third kappa shape index (κ3) is 5.12. The predicted octanol–water partition coefficient (Wildman–Crippen LogP) is 4.54. The molecule has 8 nitrogen and oxygen atoms in total. The van der Waals surface area contributed by atoms with Crippen LogP contribution in [-0.2, 0) is 0 Å². The zero-order chi connectivity index (χ0) is 23.2. The number of ether oxygens (including phenoxy) is 1. The number of nitro benzene ring substituents is 1. The smallest absolute Gasteiger partial charge is 0.322 e. The number of carbonyl (C=O) groups excluding carboxylic acids is 1. The number of benzene rings is 3. The summed E-state index contributed by atoms with van der Waals surface area (Å²) in [6.07, 6.45) is 0. The quantitative estimate of drug-likeness (QED) is 0.444. The molecule has 0 atom stereocenters. The van der Waals surface area contributed by atoms with E-state index in [4.69, 9.17) is 4.74 Å². The van der Waals surface area contributed by atoms with Gasteiger partial charge in [0.1, 0.15) is 5.75 Å². The summed E-state index contributed by atoms with van der Waals surface area (Å²) in [6.45, 7) is 2.58. The Hall–Kier alpha value is -3.91. The van der Waals surface area contributed by atoms with E-state index >= 15 is 0 Å². The molecule has 0 aromatic heterocycles. The van der Waals surface area contributed by atoms with Crippen LogP contribution in [0.4, 0.5) is 16.2 Å². The number of hydrogen-bond acceptors (Lipinski definition) is 5. The van der Waals surface area contributed by atoms with Gasteiger partial charge in [0.05, 0.1) is 29.8 Å². The van der Waals surface area contributed by atoms with Crippen molar-refractivity contribution in [1.82, 2.24) is 9.80 Å². The topological polar surface area (TPSA) is 87.9 Å². The highest BCUT2D eigenvalue weighted by molar-refractivity contribution is 5.91. The van der Waals surface area contributed by atoms with E-state index in [9.17, 15) is 14.9 Å². The molecular formula is C25H26N4O4. The SMILES string of the molecule is COc1cc([N+](=O)[O-])ccc1NC(=O)N1CCN(C(c2ccccc2)c2ccccc2)CC1. The Balaban J connectivity index is 1.44. The van der Waals surface area contributed by atoms with Crippen molar-refractivity contribution in [3.63, 3.8) is 0 Å². The minimum Gasteiger partial charge on any atom is -0.494 e. The molecule has 0 saturated carbocycles. The summed E-state index contributed by atoms with van der Waals surface area (Å²) < 4.78 is 5.22. The minimum absolute atomic E-state index is 0.0914. The Morgan fingerprint density at radius 2 is 1.52 bits per heavy atom. The van der Waals surface area contributed by atoms with E-state index in [1.807, 2.05) is 36.4 Å². The van der Waals surface area contributed by atoms with Crippen LogP contribution >= 0.6 is 0 Å². The molecule has 1 fully saturated rings. The fourth-order valence-corrected chi connectivity index (χ4v) is 4.16. The lowest BCUT2D eigenvalue weighted by Crippen LogP contribution is -2.51. The fraction of sp³-hybridized carbons (Fsp3) is 0.240. The molecule has 3 aromatic carbocycles. The first-order chi connectivity index (χ1) is 16.1. The molecule has 0 bridgehead atoms. The van der Waals surface area contributed by atoms with Crippen molar-refractivity contribution in [2.45, 2.75) is 6.04 Å². The number of nitrogens with zero attached hydrogens (tertiary/aromatic N) is 3. The summed E-state index contributed by atoms with van der Waals surface area (Å²) in [5.74, 6) is 0.254. The second-order valence-electron chi connectivity index (χ2n) is 7.82. The van der Waals surface area contributed by atoms with Crippen LogP contribution in [0.3, 0.4) is 0 Å². The van der Waals surface area contributed by atoms with Crippen molar-refractivity contribution in [2.75, 3.05) is 38.6 Å². The molecule has 3 aromatic rings. The van der Waals surface area contributed by atoms with Gasteiger partial charge < -0.3 is 15.0 Å². The third-order valence-electron chi connectivity index (χ3n) is 5.83. The van der Waals surface area contributed by atoms with E-state index in [-0.39, 0.29) is 23.5 Å². The first kappa shape index (κ1) is 22.3. The number of nitro groups is 1. The Morgan fingerprint density at radius 3 is 2.03 bits per heavy atom. The lowest BCUT2D eigenvalue weighted by Gasteiger charge is -2.39. The average molecular weight is 447 g/mol. The van der Waals surface area contributed by atoms with E-state index in [0.717, 1.165) is 13.1 Å². The summed E-state index contributed by atoms with van der Waals surface area (Å²) in [5, 5.41) is 13.8. The van der Waals surface area contributed by atoms with Crippen LogP contribution in [0.1, 0.15) is 17.2 Å². The molecule has 8 heteroatoms. The van der Waals surface area contributed by atoms with E-state index < -0.39 is 4.92 Å². The maximum Gasteiger partial charge on any atom is 0.322 e. The van der Waals surface area contributed by atoms with Gasteiger partial charge in [-0.2, -0.15) is 0 Å². The molecule has 1 N–H and O–H groups in total. The van der Waals surface area contributed by atoms with Crippen LogP contribution < -0.4 is 10.1 Å². The molecule has 0 unspecified atom stereocenters. The summed E-state index contributed by atoms with van der Waals surface area (Å²) in [6, 6.07) is 24.8. The first-order valence-electron chi connectivity index (χ1n) is 10.8. The number of carbonyl (C=O) groups is 1. The molecule has 1 aliphatic heterocycles. The molecular weight excluding hydrogens is 420 g/mol. The standard InChI is InChI=1S/C25H26N4O4/c1-33-23-18-21(29(31)32)12-13-22(23)26-25(30)28-16-14-27(15-17-28)24(19-8-4-2-5-9-19)20-10-6-3-7-11-20/h2-13,18,24H,14-17H2,1H3,(H,26,30). The maximum atomic E-state index is 12.9. The van der Waals surface area contributed by atoms with Gasteiger partial charge in [-0.25, -0.2) is 4.79 Å². The monoisotopic (exact) mass is 446 g/mol. The van der Waals surface area contributed by atoms with E-state index in [2.05, 4.69) is 34.5 Å². The maximum absolute atomic E-state index is 12.9. The predicted molar refractivity (Wildman–Crippen MR) is 127 cm³/mol. The average Bonchev–Trinajstić information content (AvgIpc) is 2.86. The molecule has 4 rings (SSSR count). The molecule has 0 spiro atoms. The Morgan fingerprint density at radius 1 is 0.939 bits per heavy atom. The number of non-ortho nitro benzene ring substituents is 1. The molecule has 1 aliphatic rings. The third-order valence-corrected chi connectivity index (χ3v) is 5.83. The molecule has 2 amide bonds. The number of rotatable bonds is 6. The fourth-order valence-electron chi connectivity index (χ4n) is 4.16. The van der Waals surface area contributed by atoms with Crippen LogP contribution in [0.5, 0.6) is 5.75 Å². The van der Waals surface area contributed by atoms with Crippen molar-refractivity contribution in [2.24, 2.45) is 0 Å². The van der Waals surface area contributed by atoms with Gasteiger partial charge in [0, 0.05) is 32.2 Å². The summed E-state index contributed by atoms with van der Waals surface area (Å²) in [4.78, 5) is 27.5. The van der Waals surface area contributed by atoms with Gasteiger partial charge in [0.2, 0.25) is 0 Å². The zero-order valence-corrected chi connectivity index (χ0v) is 18.4. The van der Waals surface area contributed by atoms with Crippen LogP contribution in [0, 0.1) is 10.1 Å². The molecule has 0 aliphatic carbocycles. The van der Waals surface area contributed by atoms with Gasteiger partial charge in [0.25, 0.3) is 5.69 Å². The van der Waals surface area contributed by atoms with Gasteiger partial charge in [0.15, 0.2) is 0 Å². The second kappa shape index (κ2) is 10.1. The molecule has 1 saturated heterocycles. The summed E-state index contributed by atoms with van der Waals surface area (Å²) in [5.41, 5.74) is 2.75. The lowest BCUT2D eigenvalue weighted by molar-refractivity contribution is -0.384. The second-order valence-corrected chi connectivity index (χ2v) is 7.82. The van der Waals surface area contributed by atoms with Gasteiger partial charge in [-0.05, 0) is 17.2 Å². The van der Waals surface area contributed by atoms with Crippen molar-refractivity contribution in [3.05, 3.63) is 100 Å². The van der Waals surface area contributed by atoms with E-state index in [1.165, 1.54) is 36.4 Å². The normalized spacial score (nSPS) is 14.2. The Kier molecular flexibility index (Phi) is 6.85. The Labute approximate surface area is 192 Å². The summed E-state index contributed by atoms with van der Waals surface area (Å²) >= 11 is 0. The largest absolute Gasteiger partial charge is 0.494 e. The number of piperazine rings is 1. The number of anilines is 1. The van der Waals surface area contributed by atoms with Crippen molar-refractivity contribution in [1.29, 1.82) is 0 Å². The van der Waals surface area contributed by atoms with Gasteiger partial charge in [-0.1, -0.05) is 60.7 Å². The molecule has 33 heavy (non-hydrogen) atoms. The number of amides is 2. The van der Waals surface area contributed by atoms with Crippen molar-refractivity contribution >= 4 is 17.4 Å². The summed E-state index contributed by atoms with van der Waals surface area (Å²) in [7, 11) is 1.42. The van der Waals surface area contributed by atoms with Crippen LogP contribution in [0.2, 0.25) is 0 Å². The van der Waals surface area contributed by atoms with Crippen LogP contribution in [0.15, 0.2) is 78.9 Å². The van der Waals surface area contributed by atoms with Gasteiger partial charge >= 0.3 is 6.03 Å². The number of nitrogens with one attached hydrogen (secondary N) is 1. The van der Waals surface area contributed by atoms with E-state index in [0.29, 0.717) is 18.8 Å². The number of hydrogen-bond donors (Lipinski definition) is 1. The highest BCUT2D eigenvalue weighted by Crippen LogP contribution is 2.31. The molecule has 1 heterocycles. The van der Waals surface area contributed by atoms with Crippen molar-refractivity contribution in [3.8, 4) is 5.75 Å². The van der Waals surface area contributed by atoms with Gasteiger partial charge in [-0.15, -0.1) is 0 Å². The van der Waals surface area contributed by atoms with Crippen LogP contribution in [-0.4, -0.2) is 54.0 Å². The number of urea groups is 1. The first-order valence-corrected chi connectivity index (χ1v) is 10.8.